The fourth-order valence-corrected chi connectivity index (χ4v) is 7.57. The zero-order valence-electron chi connectivity index (χ0n) is 29.8. The number of phenols is 1. The number of halogens is 1. The Hall–Kier alpha value is -4.09. The van der Waals surface area contributed by atoms with E-state index in [2.05, 4.69) is 15.2 Å². The van der Waals surface area contributed by atoms with E-state index >= 15 is 0 Å². The first-order valence-electron chi connectivity index (χ1n) is 18.8. The highest BCUT2D eigenvalue weighted by Crippen LogP contribution is 2.32. The van der Waals surface area contributed by atoms with Crippen LogP contribution in [0.5, 0.6) is 11.5 Å². The molecule has 2 bridgehead atoms. The highest BCUT2D eigenvalue weighted by molar-refractivity contribution is 6.30. The number of aliphatic hydroxyl groups excluding tert-OH is 1. The first-order chi connectivity index (χ1) is 25.3. The molecule has 0 radical (unpaired) electrons. The standard InChI is InChI=1S/C41H51ClN4O6/c42-31-11-9-12-32(25-31)46(41(50)52-38-28-45-21-18-30(38)19-22-45)27-29-10-8-13-33(24-29)51-23-7-5-3-1-2-4-6-20-43-26-37(48)34-14-16-36(47)40-35(34)15-17-39(49)44-40/h8-17,24-25,30,37-38,43,47-48H,1-7,18-23,26-28H2,(H,44,49)/t37-,38+/m0/s1. The van der Waals surface area contributed by atoms with Crippen molar-refractivity contribution in [3.8, 4) is 11.5 Å². The average Bonchev–Trinajstić information content (AvgIpc) is 3.15. The van der Waals surface area contributed by atoms with Gasteiger partial charge in [0.05, 0.1) is 24.8 Å². The number of nitrogens with one attached hydrogen (secondary N) is 2. The van der Waals surface area contributed by atoms with Gasteiger partial charge in [0.2, 0.25) is 5.56 Å². The molecular formula is C41H51ClN4O6. The number of hydrogen-bond donors (Lipinski definition) is 4. The molecular weight excluding hydrogens is 680 g/mol. The summed E-state index contributed by atoms with van der Waals surface area (Å²) < 4.78 is 12.2. The van der Waals surface area contributed by atoms with Crippen LogP contribution in [0.3, 0.4) is 0 Å². The second-order valence-electron chi connectivity index (χ2n) is 14.1. The number of piperidine rings is 3. The summed E-state index contributed by atoms with van der Waals surface area (Å²) in [6.45, 7) is 5.19. The maximum absolute atomic E-state index is 13.6. The number of carbonyl (C=O) groups excluding carboxylic acids is 1. The van der Waals surface area contributed by atoms with Crippen LogP contribution >= 0.6 is 11.6 Å². The third-order valence-electron chi connectivity index (χ3n) is 10.3. The molecule has 2 atom stereocenters. The molecule has 0 unspecified atom stereocenters. The summed E-state index contributed by atoms with van der Waals surface area (Å²) in [6.07, 6.45) is 8.70. The van der Waals surface area contributed by atoms with E-state index < -0.39 is 6.10 Å². The van der Waals surface area contributed by atoms with E-state index in [1.54, 1.807) is 29.2 Å². The Bertz CT molecular complexity index is 1830. The lowest BCUT2D eigenvalue weighted by Gasteiger charge is -2.44. The number of fused-ring (bicyclic) bond motifs is 4. The van der Waals surface area contributed by atoms with E-state index in [9.17, 15) is 19.8 Å². The van der Waals surface area contributed by atoms with E-state index in [4.69, 9.17) is 21.1 Å². The maximum atomic E-state index is 13.6. The van der Waals surface area contributed by atoms with Crippen LogP contribution < -0.4 is 20.5 Å². The lowest BCUT2D eigenvalue weighted by Crippen LogP contribution is -2.53. The van der Waals surface area contributed by atoms with E-state index in [1.807, 2.05) is 36.4 Å². The zero-order chi connectivity index (χ0) is 36.3. The van der Waals surface area contributed by atoms with Gasteiger partial charge in [-0.05, 0) is 105 Å². The highest BCUT2D eigenvalue weighted by atomic mass is 35.5. The van der Waals surface area contributed by atoms with Crippen LogP contribution in [0.15, 0.2) is 77.6 Å². The first-order valence-corrected chi connectivity index (χ1v) is 19.1. The number of phenolic OH excluding ortho intramolecular Hbond substituents is 1. The van der Waals surface area contributed by atoms with Crippen molar-refractivity contribution in [2.45, 2.75) is 76.5 Å². The number of aromatic nitrogens is 1. The van der Waals surface area contributed by atoms with Crippen LogP contribution in [0.1, 0.15) is 75.0 Å². The molecule has 1 amide bonds. The van der Waals surface area contributed by atoms with Gasteiger partial charge in [-0.2, -0.15) is 0 Å². The molecule has 3 fully saturated rings. The van der Waals surface area contributed by atoms with Crippen LogP contribution in [0, 0.1) is 5.92 Å². The van der Waals surface area contributed by atoms with E-state index in [0.29, 0.717) is 52.8 Å². The molecule has 3 saturated heterocycles. The van der Waals surface area contributed by atoms with E-state index in [1.165, 1.54) is 18.6 Å². The van der Waals surface area contributed by atoms with Gasteiger partial charge in [0.1, 0.15) is 17.6 Å². The number of benzene rings is 3. The predicted octanol–water partition coefficient (Wildman–Crippen LogP) is 7.56. The van der Waals surface area contributed by atoms with Crippen molar-refractivity contribution in [3.63, 3.8) is 0 Å². The minimum Gasteiger partial charge on any atom is -0.506 e. The quantitative estimate of drug-likeness (QED) is 0.0773. The third kappa shape index (κ3) is 10.3. The summed E-state index contributed by atoms with van der Waals surface area (Å²) in [7, 11) is 0. The number of rotatable bonds is 18. The molecule has 3 aliphatic heterocycles. The number of hydrogen-bond acceptors (Lipinski definition) is 8. The molecule has 4 aromatic rings. The van der Waals surface area contributed by atoms with Gasteiger partial charge in [-0.25, -0.2) is 4.79 Å². The number of pyridine rings is 1. The Morgan fingerprint density at radius 1 is 0.962 bits per heavy atom. The van der Waals surface area contributed by atoms with Crippen molar-refractivity contribution >= 4 is 34.3 Å². The summed E-state index contributed by atoms with van der Waals surface area (Å²) in [5.74, 6) is 1.21. The number of ether oxygens (including phenoxy) is 2. The molecule has 0 spiro atoms. The van der Waals surface area contributed by atoms with E-state index in [0.717, 1.165) is 88.9 Å². The van der Waals surface area contributed by atoms with Crippen molar-refractivity contribution in [2.75, 3.05) is 44.2 Å². The van der Waals surface area contributed by atoms with Gasteiger partial charge in [-0.3, -0.25) is 14.6 Å². The minimum absolute atomic E-state index is 0.0111. The van der Waals surface area contributed by atoms with Gasteiger partial charge in [0.15, 0.2) is 0 Å². The number of aromatic hydroxyl groups is 1. The normalized spacial score (nSPS) is 18.7. The molecule has 7 rings (SSSR count). The van der Waals surface area contributed by atoms with Gasteiger partial charge in [-0.1, -0.05) is 68.0 Å². The number of unbranched alkanes of at least 4 members (excludes halogenated alkanes) is 6. The van der Waals surface area contributed by atoms with Crippen molar-refractivity contribution in [2.24, 2.45) is 5.92 Å². The molecule has 3 aliphatic rings. The Labute approximate surface area is 310 Å². The number of carbonyl (C=O) groups is 1. The third-order valence-corrected chi connectivity index (χ3v) is 10.5. The number of aliphatic hydroxyl groups is 1. The molecule has 11 heteroatoms. The van der Waals surface area contributed by atoms with Crippen molar-refractivity contribution < 1.29 is 24.5 Å². The second-order valence-corrected chi connectivity index (χ2v) is 14.5. The number of amides is 1. The largest absolute Gasteiger partial charge is 0.506 e. The van der Waals surface area contributed by atoms with Gasteiger partial charge in [0.25, 0.3) is 0 Å². The van der Waals surface area contributed by atoms with Crippen LogP contribution in [0.2, 0.25) is 5.02 Å². The second kappa shape index (κ2) is 18.6. The molecule has 1 aromatic heterocycles. The van der Waals surface area contributed by atoms with Gasteiger partial charge in [-0.15, -0.1) is 0 Å². The zero-order valence-corrected chi connectivity index (χ0v) is 30.5. The number of H-pyrrole nitrogens is 1. The first kappa shape index (κ1) is 37.7. The van der Waals surface area contributed by atoms with Gasteiger partial charge >= 0.3 is 6.09 Å². The summed E-state index contributed by atoms with van der Waals surface area (Å²) in [5.41, 5.74) is 2.39. The molecule has 0 aliphatic carbocycles. The Kier molecular flexibility index (Phi) is 13.5. The van der Waals surface area contributed by atoms with Gasteiger partial charge in [0, 0.05) is 35.3 Å². The number of anilines is 1. The fraction of sp³-hybridized carbons (Fsp3) is 0.463. The molecule has 278 valence electrons. The fourth-order valence-electron chi connectivity index (χ4n) is 7.38. The summed E-state index contributed by atoms with van der Waals surface area (Å²) in [6, 6.07) is 21.5. The van der Waals surface area contributed by atoms with Crippen LogP contribution in [-0.4, -0.2) is 71.6 Å². The van der Waals surface area contributed by atoms with E-state index in [-0.39, 0.29) is 23.5 Å². The van der Waals surface area contributed by atoms with Gasteiger partial charge < -0.3 is 30.0 Å². The molecule has 4 heterocycles. The minimum atomic E-state index is -0.745. The maximum Gasteiger partial charge on any atom is 0.414 e. The lowest BCUT2D eigenvalue weighted by atomic mass is 9.86. The van der Waals surface area contributed by atoms with Crippen molar-refractivity contribution in [3.05, 3.63) is 99.3 Å². The molecule has 0 saturated carbocycles. The number of aromatic amines is 1. The van der Waals surface area contributed by atoms with Crippen LogP contribution in [0.25, 0.3) is 10.9 Å². The molecule has 52 heavy (non-hydrogen) atoms. The predicted molar refractivity (Wildman–Crippen MR) is 205 cm³/mol. The van der Waals surface area contributed by atoms with Crippen LogP contribution in [-0.2, 0) is 11.3 Å². The smallest absolute Gasteiger partial charge is 0.414 e. The van der Waals surface area contributed by atoms with Crippen molar-refractivity contribution in [1.29, 1.82) is 0 Å². The van der Waals surface area contributed by atoms with Crippen LogP contribution in [0.4, 0.5) is 10.5 Å². The molecule has 4 N–H and O–H groups in total. The number of nitrogens with zero attached hydrogens (tertiary/aromatic N) is 2. The average molecular weight is 731 g/mol. The summed E-state index contributed by atoms with van der Waals surface area (Å²) in [4.78, 5) is 31.9. The Morgan fingerprint density at radius 3 is 2.50 bits per heavy atom. The Morgan fingerprint density at radius 2 is 1.73 bits per heavy atom. The lowest BCUT2D eigenvalue weighted by molar-refractivity contribution is -0.0311. The SMILES string of the molecule is O=C(O[C@@H]1CN2CCC1CC2)N(Cc1cccc(OCCCCCCCCCNC[C@H](O)c2ccc(O)c3[nH]c(=O)ccc23)c1)c1cccc(Cl)c1. The monoisotopic (exact) mass is 730 g/mol. The highest BCUT2D eigenvalue weighted by Gasteiger charge is 2.37. The molecule has 10 nitrogen and oxygen atoms in total. The Balaban J connectivity index is 0.863. The summed E-state index contributed by atoms with van der Waals surface area (Å²) in [5, 5.41) is 25.3. The van der Waals surface area contributed by atoms with Crippen molar-refractivity contribution in [1.82, 2.24) is 15.2 Å². The molecule has 3 aromatic carbocycles. The topological polar surface area (TPSA) is 127 Å². The summed E-state index contributed by atoms with van der Waals surface area (Å²) >= 11 is 6.32.